The number of benzene rings is 1. The monoisotopic (exact) mass is 520 g/mol. The highest BCUT2D eigenvalue weighted by atomic mass is 16.5. The molecule has 1 aromatic carbocycles. The fourth-order valence-electron chi connectivity index (χ4n) is 4.02. The van der Waals surface area contributed by atoms with E-state index in [1.54, 1.807) is 31.2 Å². The topological polar surface area (TPSA) is 154 Å². The number of hydrogen-bond donors (Lipinski definition) is 2. The van der Waals surface area contributed by atoms with Gasteiger partial charge in [0.05, 0.1) is 26.9 Å². The number of ether oxygens (including phenoxy) is 4. The molecule has 12 heteroatoms. The highest BCUT2D eigenvalue weighted by molar-refractivity contribution is 6.03. The van der Waals surface area contributed by atoms with E-state index in [9.17, 15) is 29.4 Å². The fraction of sp³-hybridized carbons (Fsp3) is 0.440. The molecule has 2 N–H and O–H groups in total. The number of hydrogen-bond acceptors (Lipinski definition) is 8. The summed E-state index contributed by atoms with van der Waals surface area (Å²) in [4.78, 5) is 53.1. The number of amides is 1. The van der Waals surface area contributed by atoms with Gasteiger partial charge in [-0.25, -0.2) is 4.79 Å². The van der Waals surface area contributed by atoms with Crippen molar-refractivity contribution in [3.8, 4) is 11.4 Å². The van der Waals surface area contributed by atoms with Crippen molar-refractivity contribution in [2.75, 3.05) is 55.2 Å². The zero-order chi connectivity index (χ0) is 27.9. The molecule has 2 unspecified atom stereocenters. The second-order valence-electron chi connectivity index (χ2n) is 8.17. The molecule has 2 rings (SSSR count). The summed E-state index contributed by atoms with van der Waals surface area (Å²) >= 11 is 0. The third-order valence-corrected chi connectivity index (χ3v) is 5.62. The van der Waals surface area contributed by atoms with Crippen LogP contribution < -0.4 is 4.74 Å². The van der Waals surface area contributed by atoms with Crippen LogP contribution in [-0.4, -0.2) is 98.7 Å². The van der Waals surface area contributed by atoms with Crippen LogP contribution >= 0.6 is 0 Å². The molecule has 0 saturated heterocycles. The van der Waals surface area contributed by atoms with E-state index < -0.39 is 48.9 Å². The van der Waals surface area contributed by atoms with Crippen molar-refractivity contribution in [3.05, 3.63) is 46.8 Å². The lowest BCUT2D eigenvalue weighted by Gasteiger charge is -2.20. The molecule has 37 heavy (non-hydrogen) atoms. The summed E-state index contributed by atoms with van der Waals surface area (Å²) in [5.74, 6) is -6.87. The molecule has 0 saturated carbocycles. The minimum atomic E-state index is -1.51. The SMILES string of the molecule is CCOC(=O)c1c(C(COC)C(=O)O)c(C(COC)C(=O)O)c(C(=O)N(C)C)n1-c1ccc(OC)cc1. The number of esters is 1. The zero-order valence-corrected chi connectivity index (χ0v) is 21.6. The number of carbonyl (C=O) groups excluding carboxylic acids is 2. The van der Waals surface area contributed by atoms with Gasteiger partial charge in [-0.05, 0) is 31.2 Å². The van der Waals surface area contributed by atoms with Gasteiger partial charge >= 0.3 is 17.9 Å². The van der Waals surface area contributed by atoms with Crippen LogP contribution in [0.25, 0.3) is 5.69 Å². The van der Waals surface area contributed by atoms with Crippen LogP contribution in [0.5, 0.6) is 5.75 Å². The van der Waals surface area contributed by atoms with E-state index in [1.165, 1.54) is 44.9 Å². The quantitative estimate of drug-likeness (QED) is 0.375. The number of rotatable bonds is 13. The first-order valence-electron chi connectivity index (χ1n) is 11.3. The number of nitrogens with zero attached hydrogens (tertiary/aromatic N) is 2. The van der Waals surface area contributed by atoms with Gasteiger partial charge in [-0.1, -0.05) is 0 Å². The van der Waals surface area contributed by atoms with Gasteiger partial charge in [0.25, 0.3) is 5.91 Å². The van der Waals surface area contributed by atoms with E-state index in [4.69, 9.17) is 18.9 Å². The molecule has 0 spiro atoms. The van der Waals surface area contributed by atoms with Crippen molar-refractivity contribution < 1.29 is 48.3 Å². The summed E-state index contributed by atoms with van der Waals surface area (Å²) in [7, 11) is 6.93. The number of aliphatic carboxylic acids is 2. The first-order valence-corrected chi connectivity index (χ1v) is 11.3. The fourth-order valence-corrected chi connectivity index (χ4v) is 4.02. The maximum atomic E-state index is 13.6. The highest BCUT2D eigenvalue weighted by Gasteiger charge is 2.42. The van der Waals surface area contributed by atoms with Gasteiger partial charge in [0.1, 0.15) is 29.0 Å². The highest BCUT2D eigenvalue weighted by Crippen LogP contribution is 2.39. The first kappa shape index (κ1) is 29.3. The van der Waals surface area contributed by atoms with Crippen LogP contribution in [0.1, 0.15) is 50.9 Å². The van der Waals surface area contributed by atoms with Gasteiger partial charge in [-0.2, -0.15) is 0 Å². The molecule has 2 atom stereocenters. The van der Waals surface area contributed by atoms with Crippen molar-refractivity contribution in [3.63, 3.8) is 0 Å². The second kappa shape index (κ2) is 12.9. The Morgan fingerprint density at radius 1 is 0.865 bits per heavy atom. The van der Waals surface area contributed by atoms with Gasteiger partial charge in [-0.3, -0.25) is 19.0 Å². The Labute approximate surface area is 214 Å². The van der Waals surface area contributed by atoms with E-state index in [-0.39, 0.29) is 34.8 Å². The van der Waals surface area contributed by atoms with Crippen LogP contribution in [0.3, 0.4) is 0 Å². The Hall–Kier alpha value is -3.90. The molecule has 0 bridgehead atoms. The summed E-state index contributed by atoms with van der Waals surface area (Å²) in [6.07, 6.45) is 0. The Morgan fingerprint density at radius 3 is 1.73 bits per heavy atom. The van der Waals surface area contributed by atoms with Gasteiger partial charge in [-0.15, -0.1) is 0 Å². The Bertz CT molecular complexity index is 1140. The molecular formula is C25H32N2O10. The number of carbonyl (C=O) groups is 4. The summed E-state index contributed by atoms with van der Waals surface area (Å²) in [6.45, 7) is 0.710. The predicted molar refractivity (Wildman–Crippen MR) is 131 cm³/mol. The third-order valence-electron chi connectivity index (χ3n) is 5.62. The lowest BCUT2D eigenvalue weighted by Crippen LogP contribution is -2.29. The minimum absolute atomic E-state index is 0.0548. The first-order chi connectivity index (χ1) is 17.5. The minimum Gasteiger partial charge on any atom is -0.497 e. The standard InChI is InChI=1S/C25H32N2O10/c1-7-37-25(33)21-19(17(13-35-5)24(31)32)18(16(12-34-4)23(29)30)20(22(28)26(2)3)27(21)14-8-10-15(36-6)11-9-14/h8-11,16-17H,7,12-13H2,1-6H3,(H,29,30)(H,31,32). The van der Waals surface area contributed by atoms with Crippen molar-refractivity contribution in [2.45, 2.75) is 18.8 Å². The normalized spacial score (nSPS) is 12.5. The molecule has 1 amide bonds. The predicted octanol–water partition coefficient (Wildman–Crippen LogP) is 1.99. The van der Waals surface area contributed by atoms with E-state index in [0.29, 0.717) is 5.75 Å². The number of carboxylic acids is 2. The van der Waals surface area contributed by atoms with Gasteiger partial charge in [0.2, 0.25) is 0 Å². The van der Waals surface area contributed by atoms with E-state index in [2.05, 4.69) is 0 Å². The van der Waals surface area contributed by atoms with Crippen LogP contribution in [0.4, 0.5) is 0 Å². The molecule has 0 aliphatic carbocycles. The third kappa shape index (κ3) is 6.09. The number of methoxy groups -OCH3 is 3. The Balaban J connectivity index is 3.25. The van der Waals surface area contributed by atoms with Crippen LogP contribution in [0, 0.1) is 0 Å². The molecule has 0 aliphatic heterocycles. The summed E-state index contributed by atoms with van der Waals surface area (Å²) in [5.41, 5.74) is -0.585. The van der Waals surface area contributed by atoms with E-state index in [1.807, 2.05) is 0 Å². The Morgan fingerprint density at radius 2 is 1.35 bits per heavy atom. The smallest absolute Gasteiger partial charge is 0.355 e. The number of carboxylic acid groups (broad SMARTS) is 2. The molecule has 0 radical (unpaired) electrons. The van der Waals surface area contributed by atoms with Crippen molar-refractivity contribution >= 4 is 23.8 Å². The van der Waals surface area contributed by atoms with Crippen molar-refractivity contribution in [2.24, 2.45) is 0 Å². The molecule has 1 heterocycles. The van der Waals surface area contributed by atoms with Crippen LogP contribution in [-0.2, 0) is 23.8 Å². The maximum absolute atomic E-state index is 13.6. The molecule has 1 aromatic heterocycles. The van der Waals surface area contributed by atoms with Crippen LogP contribution in [0.2, 0.25) is 0 Å². The summed E-state index contributed by atoms with van der Waals surface area (Å²) in [5, 5.41) is 20.3. The van der Waals surface area contributed by atoms with Crippen LogP contribution in [0.15, 0.2) is 24.3 Å². The van der Waals surface area contributed by atoms with Gasteiger partial charge in [0.15, 0.2) is 0 Å². The average molecular weight is 521 g/mol. The lowest BCUT2D eigenvalue weighted by molar-refractivity contribution is -0.141. The van der Waals surface area contributed by atoms with Gasteiger partial charge in [0, 0.05) is 45.1 Å². The number of aromatic nitrogens is 1. The largest absolute Gasteiger partial charge is 0.497 e. The summed E-state index contributed by atoms with van der Waals surface area (Å²) < 4.78 is 22.0. The second-order valence-corrected chi connectivity index (χ2v) is 8.17. The van der Waals surface area contributed by atoms with Crippen molar-refractivity contribution in [1.29, 1.82) is 0 Å². The molecule has 0 aliphatic rings. The van der Waals surface area contributed by atoms with Gasteiger partial charge < -0.3 is 34.1 Å². The molecule has 2 aromatic rings. The van der Waals surface area contributed by atoms with E-state index >= 15 is 0 Å². The zero-order valence-electron chi connectivity index (χ0n) is 21.6. The average Bonchev–Trinajstić information content (AvgIpc) is 3.20. The molecule has 12 nitrogen and oxygen atoms in total. The molecular weight excluding hydrogens is 488 g/mol. The summed E-state index contributed by atoms with van der Waals surface area (Å²) in [6, 6.07) is 6.28. The molecule has 0 fully saturated rings. The molecule has 202 valence electrons. The lowest BCUT2D eigenvalue weighted by atomic mass is 9.87. The van der Waals surface area contributed by atoms with E-state index in [0.717, 1.165) is 0 Å². The maximum Gasteiger partial charge on any atom is 0.355 e. The Kier molecular flexibility index (Phi) is 10.2. The van der Waals surface area contributed by atoms with Crippen molar-refractivity contribution in [1.82, 2.24) is 9.47 Å².